The third-order valence-electron chi connectivity index (χ3n) is 4.54. The van der Waals surface area contributed by atoms with Crippen molar-refractivity contribution in [3.8, 4) is 10.4 Å². The molecule has 1 aliphatic heterocycles. The van der Waals surface area contributed by atoms with E-state index in [1.54, 1.807) is 29.8 Å². The Morgan fingerprint density at radius 1 is 1.30 bits per heavy atom. The van der Waals surface area contributed by atoms with Crippen molar-refractivity contribution in [2.24, 2.45) is 0 Å². The quantitative estimate of drug-likeness (QED) is 0.648. The highest BCUT2D eigenvalue weighted by molar-refractivity contribution is 7.18. The zero-order valence-electron chi connectivity index (χ0n) is 15.6. The molecule has 3 aromatic rings. The highest BCUT2D eigenvalue weighted by Crippen LogP contribution is 2.39. The maximum Gasteiger partial charge on any atom is 0.146 e. The van der Waals surface area contributed by atoms with Gasteiger partial charge in [-0.15, -0.1) is 22.7 Å². The highest BCUT2D eigenvalue weighted by Gasteiger charge is 2.19. The zero-order valence-corrected chi connectivity index (χ0v) is 17.2. The molecule has 8 heteroatoms. The van der Waals surface area contributed by atoms with Crippen molar-refractivity contribution in [1.29, 1.82) is 0 Å². The molecule has 0 bridgehead atoms. The number of rotatable bonds is 7. The maximum absolute atomic E-state index is 5.45. The summed E-state index contributed by atoms with van der Waals surface area (Å²) in [6, 6.07) is 4.40. The summed E-state index contributed by atoms with van der Waals surface area (Å²) in [7, 11) is 1.72. The molecule has 6 nitrogen and oxygen atoms in total. The minimum Gasteiger partial charge on any atom is -0.383 e. The van der Waals surface area contributed by atoms with Gasteiger partial charge in [0.1, 0.15) is 16.5 Å². The summed E-state index contributed by atoms with van der Waals surface area (Å²) >= 11 is 3.43. The lowest BCUT2D eigenvalue weighted by molar-refractivity contribution is 0.0331. The van der Waals surface area contributed by atoms with E-state index in [2.05, 4.69) is 40.0 Å². The standard InChI is InChI=1S/C19H24N4O2S2/c1-13(11-24-2)20-18-17-14(15-4-3-9-26-15)12-27-19(17)22-16(21-18)10-23-5-7-25-8-6-23/h3-4,9,12-13H,5-8,10-11H2,1-2H3,(H,20,21,22)/t13-/m0/s1. The van der Waals surface area contributed by atoms with Gasteiger partial charge in [-0.3, -0.25) is 4.90 Å². The molecule has 1 N–H and O–H groups in total. The second-order valence-corrected chi connectivity index (χ2v) is 8.49. The van der Waals surface area contributed by atoms with Gasteiger partial charge in [0.2, 0.25) is 0 Å². The second kappa shape index (κ2) is 8.62. The Bertz CT molecular complexity index is 875. The molecule has 4 rings (SSSR count). The van der Waals surface area contributed by atoms with E-state index < -0.39 is 0 Å². The first-order chi connectivity index (χ1) is 13.2. The molecule has 0 saturated carbocycles. The molecule has 1 aliphatic rings. The van der Waals surface area contributed by atoms with Crippen LogP contribution in [0.4, 0.5) is 5.82 Å². The third kappa shape index (κ3) is 4.30. The van der Waals surface area contributed by atoms with Crippen LogP contribution >= 0.6 is 22.7 Å². The monoisotopic (exact) mass is 404 g/mol. The summed E-state index contributed by atoms with van der Waals surface area (Å²) in [5.41, 5.74) is 1.20. The normalized spacial score (nSPS) is 16.7. The number of nitrogens with one attached hydrogen (secondary N) is 1. The van der Waals surface area contributed by atoms with Crippen molar-refractivity contribution in [2.75, 3.05) is 45.3 Å². The largest absolute Gasteiger partial charge is 0.383 e. The highest BCUT2D eigenvalue weighted by atomic mass is 32.1. The van der Waals surface area contributed by atoms with Gasteiger partial charge in [0.15, 0.2) is 0 Å². The smallest absolute Gasteiger partial charge is 0.146 e. The first-order valence-corrected chi connectivity index (χ1v) is 10.9. The Labute approximate surface area is 167 Å². The van der Waals surface area contributed by atoms with Crippen LogP contribution in [0.25, 0.3) is 20.7 Å². The van der Waals surface area contributed by atoms with Crippen LogP contribution in [0.15, 0.2) is 22.9 Å². The summed E-state index contributed by atoms with van der Waals surface area (Å²) < 4.78 is 10.8. The van der Waals surface area contributed by atoms with Crippen LogP contribution in [-0.2, 0) is 16.0 Å². The van der Waals surface area contributed by atoms with E-state index in [1.807, 2.05) is 0 Å². The molecular formula is C19H24N4O2S2. The molecule has 27 heavy (non-hydrogen) atoms. The number of hydrogen-bond donors (Lipinski definition) is 1. The Hall–Kier alpha value is -1.58. The van der Waals surface area contributed by atoms with E-state index in [4.69, 9.17) is 19.4 Å². The Kier molecular flexibility index (Phi) is 5.99. The number of nitrogens with zero attached hydrogens (tertiary/aromatic N) is 3. The summed E-state index contributed by atoms with van der Waals surface area (Å²) in [5.74, 6) is 1.76. The van der Waals surface area contributed by atoms with Gasteiger partial charge in [-0.1, -0.05) is 6.07 Å². The van der Waals surface area contributed by atoms with E-state index in [0.717, 1.165) is 54.7 Å². The van der Waals surface area contributed by atoms with E-state index >= 15 is 0 Å². The molecule has 1 atom stereocenters. The summed E-state index contributed by atoms with van der Waals surface area (Å²) in [4.78, 5) is 14.4. The number of hydrogen-bond acceptors (Lipinski definition) is 8. The lowest BCUT2D eigenvalue weighted by Crippen LogP contribution is -2.36. The van der Waals surface area contributed by atoms with Crippen LogP contribution in [0.1, 0.15) is 12.7 Å². The van der Waals surface area contributed by atoms with Gasteiger partial charge in [0.25, 0.3) is 0 Å². The van der Waals surface area contributed by atoms with Gasteiger partial charge in [0.05, 0.1) is 31.8 Å². The number of fused-ring (bicyclic) bond motifs is 1. The number of anilines is 1. The van der Waals surface area contributed by atoms with Crippen LogP contribution in [0, 0.1) is 0 Å². The summed E-state index contributed by atoms with van der Waals surface area (Å²) in [6.07, 6.45) is 0. The number of methoxy groups -OCH3 is 1. The molecule has 1 fully saturated rings. The molecule has 0 spiro atoms. The Balaban J connectivity index is 1.71. The molecule has 0 amide bonds. The van der Waals surface area contributed by atoms with E-state index in [0.29, 0.717) is 6.61 Å². The van der Waals surface area contributed by atoms with Gasteiger partial charge < -0.3 is 14.8 Å². The van der Waals surface area contributed by atoms with Gasteiger partial charge in [-0.25, -0.2) is 9.97 Å². The lowest BCUT2D eigenvalue weighted by Gasteiger charge is -2.26. The summed E-state index contributed by atoms with van der Waals surface area (Å²) in [6.45, 7) is 6.89. The SMILES string of the molecule is COC[C@H](C)Nc1nc(CN2CCOCC2)nc2scc(-c3cccs3)c12. The van der Waals surface area contributed by atoms with Crippen LogP contribution < -0.4 is 5.32 Å². The number of thiophene rings is 2. The van der Waals surface area contributed by atoms with Crippen LogP contribution in [0.5, 0.6) is 0 Å². The van der Waals surface area contributed by atoms with Crippen molar-refractivity contribution < 1.29 is 9.47 Å². The number of ether oxygens (including phenoxy) is 2. The van der Waals surface area contributed by atoms with Crippen molar-refractivity contribution in [3.63, 3.8) is 0 Å². The average molecular weight is 405 g/mol. The molecule has 4 heterocycles. The number of aromatic nitrogens is 2. The molecule has 0 radical (unpaired) electrons. The fourth-order valence-corrected chi connectivity index (χ4v) is 5.04. The minimum absolute atomic E-state index is 0.167. The predicted molar refractivity (Wildman–Crippen MR) is 112 cm³/mol. The molecule has 0 unspecified atom stereocenters. The fourth-order valence-electron chi connectivity index (χ4n) is 3.26. The first kappa shape index (κ1) is 18.8. The van der Waals surface area contributed by atoms with Gasteiger partial charge in [-0.2, -0.15) is 0 Å². The Morgan fingerprint density at radius 3 is 2.89 bits per heavy atom. The predicted octanol–water partition coefficient (Wildman–Crippen LogP) is 3.70. The molecule has 1 saturated heterocycles. The molecular weight excluding hydrogens is 380 g/mol. The van der Waals surface area contributed by atoms with Gasteiger partial charge in [0, 0.05) is 42.1 Å². The van der Waals surface area contributed by atoms with Crippen molar-refractivity contribution in [1.82, 2.24) is 14.9 Å². The lowest BCUT2D eigenvalue weighted by atomic mass is 10.2. The zero-order chi connectivity index (χ0) is 18.6. The van der Waals surface area contributed by atoms with Crippen molar-refractivity contribution >= 4 is 38.7 Å². The van der Waals surface area contributed by atoms with E-state index in [9.17, 15) is 0 Å². The average Bonchev–Trinajstić information content (AvgIpc) is 3.32. The van der Waals surface area contributed by atoms with E-state index in [1.165, 1.54) is 10.4 Å². The Morgan fingerprint density at radius 2 is 2.15 bits per heavy atom. The topological polar surface area (TPSA) is 59.5 Å². The van der Waals surface area contributed by atoms with Crippen LogP contribution in [0.2, 0.25) is 0 Å². The van der Waals surface area contributed by atoms with Gasteiger partial charge >= 0.3 is 0 Å². The maximum atomic E-state index is 5.45. The minimum atomic E-state index is 0.167. The molecule has 3 aromatic heterocycles. The van der Waals surface area contributed by atoms with Crippen LogP contribution in [0.3, 0.4) is 0 Å². The van der Waals surface area contributed by atoms with Crippen LogP contribution in [-0.4, -0.2) is 60.9 Å². The fraction of sp³-hybridized carbons (Fsp3) is 0.474. The van der Waals surface area contributed by atoms with E-state index in [-0.39, 0.29) is 6.04 Å². The summed E-state index contributed by atoms with van der Waals surface area (Å²) in [5, 5.41) is 8.95. The second-order valence-electron chi connectivity index (χ2n) is 6.68. The van der Waals surface area contributed by atoms with Crippen molar-refractivity contribution in [3.05, 3.63) is 28.7 Å². The van der Waals surface area contributed by atoms with Gasteiger partial charge in [-0.05, 0) is 18.4 Å². The molecule has 0 aromatic carbocycles. The number of morpholine rings is 1. The molecule has 144 valence electrons. The third-order valence-corrected chi connectivity index (χ3v) is 6.31. The molecule has 0 aliphatic carbocycles. The first-order valence-electron chi connectivity index (χ1n) is 9.12. The van der Waals surface area contributed by atoms with Crippen molar-refractivity contribution in [2.45, 2.75) is 19.5 Å².